The Kier molecular flexibility index (Phi) is 6.39. The molecule has 1 heterocycles. The van der Waals surface area contributed by atoms with Crippen LogP contribution < -0.4 is 5.32 Å². The summed E-state index contributed by atoms with van der Waals surface area (Å²) in [5, 5.41) is 6.01. The van der Waals surface area contributed by atoms with E-state index >= 15 is 0 Å². The monoisotopic (exact) mass is 338 g/mol. The van der Waals surface area contributed by atoms with Crippen LogP contribution in [-0.4, -0.2) is 16.6 Å². The summed E-state index contributed by atoms with van der Waals surface area (Å²) in [5.41, 5.74) is 1.85. The van der Waals surface area contributed by atoms with Crippen LogP contribution in [0.5, 0.6) is 0 Å². The molecule has 1 amide bonds. The van der Waals surface area contributed by atoms with Crippen molar-refractivity contribution in [1.82, 2.24) is 10.3 Å². The highest BCUT2D eigenvalue weighted by atomic mass is 32.2. The van der Waals surface area contributed by atoms with Crippen LogP contribution >= 0.6 is 23.1 Å². The Balaban J connectivity index is 1.69. The van der Waals surface area contributed by atoms with Crippen LogP contribution in [0.25, 0.3) is 0 Å². The minimum atomic E-state index is -0.285. The number of amides is 1. The van der Waals surface area contributed by atoms with E-state index in [0.717, 1.165) is 27.8 Å². The predicted octanol–water partition coefficient (Wildman–Crippen LogP) is 4.09. The van der Waals surface area contributed by atoms with Crippen molar-refractivity contribution in [2.45, 2.75) is 32.1 Å². The molecule has 1 atom stereocenters. The van der Waals surface area contributed by atoms with Crippen LogP contribution in [0.15, 0.2) is 29.6 Å². The third-order valence-corrected chi connectivity index (χ3v) is 4.93. The molecule has 1 aromatic carbocycles. The van der Waals surface area contributed by atoms with E-state index in [4.69, 9.17) is 0 Å². The lowest BCUT2D eigenvalue weighted by Gasteiger charge is -2.14. The van der Waals surface area contributed by atoms with Crippen molar-refractivity contribution in [3.05, 3.63) is 51.7 Å². The Hall–Kier alpha value is -1.40. The molecule has 3 nitrogen and oxygen atoms in total. The molecule has 0 spiro atoms. The number of thioether (sulfide) groups is 1. The number of halogens is 1. The smallest absolute Gasteiger partial charge is 0.221 e. The molecule has 2 rings (SSSR count). The number of hydrogen-bond acceptors (Lipinski definition) is 4. The van der Waals surface area contributed by atoms with Gasteiger partial charge in [-0.1, -0.05) is 12.1 Å². The van der Waals surface area contributed by atoms with E-state index in [9.17, 15) is 9.18 Å². The van der Waals surface area contributed by atoms with Gasteiger partial charge in [-0.3, -0.25) is 4.79 Å². The average molecular weight is 338 g/mol. The average Bonchev–Trinajstić information content (AvgIpc) is 2.89. The molecule has 6 heteroatoms. The van der Waals surface area contributed by atoms with E-state index in [0.29, 0.717) is 6.42 Å². The molecule has 1 N–H and O–H groups in total. The maximum atomic E-state index is 13.2. The van der Waals surface area contributed by atoms with Crippen LogP contribution in [0, 0.1) is 12.7 Å². The minimum absolute atomic E-state index is 0.0151. The molecule has 0 bridgehead atoms. The second kappa shape index (κ2) is 8.29. The molecule has 1 unspecified atom stereocenters. The Labute approximate surface area is 138 Å². The highest BCUT2D eigenvalue weighted by molar-refractivity contribution is 7.98. The molecule has 0 fully saturated rings. The summed E-state index contributed by atoms with van der Waals surface area (Å²) in [6.07, 6.45) is 0.452. The van der Waals surface area contributed by atoms with E-state index in [-0.39, 0.29) is 17.8 Å². The van der Waals surface area contributed by atoms with E-state index < -0.39 is 0 Å². The van der Waals surface area contributed by atoms with Crippen LogP contribution in [0.3, 0.4) is 0 Å². The number of hydrogen-bond donors (Lipinski definition) is 1. The van der Waals surface area contributed by atoms with Crippen molar-refractivity contribution >= 4 is 29.0 Å². The Morgan fingerprint density at radius 2 is 2.32 bits per heavy atom. The van der Waals surface area contributed by atoms with E-state index in [1.807, 2.05) is 19.9 Å². The van der Waals surface area contributed by atoms with Gasteiger partial charge in [0.05, 0.1) is 16.7 Å². The fourth-order valence-electron chi connectivity index (χ4n) is 1.99. The quantitative estimate of drug-likeness (QED) is 0.773. The molecule has 22 heavy (non-hydrogen) atoms. The zero-order chi connectivity index (χ0) is 15.9. The molecule has 0 aliphatic heterocycles. The van der Waals surface area contributed by atoms with Crippen LogP contribution in [0.1, 0.15) is 35.7 Å². The van der Waals surface area contributed by atoms with Crippen molar-refractivity contribution in [3.63, 3.8) is 0 Å². The third-order valence-electron chi connectivity index (χ3n) is 3.12. The van der Waals surface area contributed by atoms with Crippen LogP contribution in [-0.2, 0) is 10.5 Å². The summed E-state index contributed by atoms with van der Waals surface area (Å²) in [5.74, 6) is 1.28. The minimum Gasteiger partial charge on any atom is -0.350 e. The first kappa shape index (κ1) is 17.0. The van der Waals surface area contributed by atoms with Crippen LogP contribution in [0.4, 0.5) is 4.39 Å². The fraction of sp³-hybridized carbons (Fsp3) is 0.375. The van der Waals surface area contributed by atoms with Crippen molar-refractivity contribution in [1.29, 1.82) is 0 Å². The van der Waals surface area contributed by atoms with E-state index in [2.05, 4.69) is 15.7 Å². The lowest BCUT2D eigenvalue weighted by molar-refractivity contribution is -0.121. The molecule has 2 aromatic rings. The number of benzene rings is 1. The largest absolute Gasteiger partial charge is 0.350 e. The van der Waals surface area contributed by atoms with Gasteiger partial charge in [-0.15, -0.1) is 11.3 Å². The third kappa shape index (κ3) is 5.42. The van der Waals surface area contributed by atoms with Crippen molar-refractivity contribution in [2.24, 2.45) is 0 Å². The normalized spacial score (nSPS) is 12.1. The summed E-state index contributed by atoms with van der Waals surface area (Å²) in [7, 11) is 0. The lowest BCUT2D eigenvalue weighted by Crippen LogP contribution is -2.26. The van der Waals surface area contributed by atoms with Gasteiger partial charge in [-0.05, 0) is 31.5 Å². The van der Waals surface area contributed by atoms with Crippen molar-refractivity contribution in [2.75, 3.05) is 5.75 Å². The molecule has 118 valence electrons. The summed E-state index contributed by atoms with van der Waals surface area (Å²) >= 11 is 3.34. The second-order valence-electron chi connectivity index (χ2n) is 5.00. The molecule has 0 saturated heterocycles. The molecule has 0 aliphatic rings. The number of thiazole rings is 1. The number of rotatable bonds is 7. The Bertz CT molecular complexity index is 630. The first-order chi connectivity index (χ1) is 10.5. The second-order valence-corrected chi connectivity index (χ2v) is 7.17. The van der Waals surface area contributed by atoms with Crippen molar-refractivity contribution in [3.8, 4) is 0 Å². The highest BCUT2D eigenvalue weighted by Gasteiger charge is 2.10. The van der Waals surface area contributed by atoms with E-state index in [1.165, 1.54) is 12.1 Å². The van der Waals surface area contributed by atoms with Gasteiger partial charge < -0.3 is 5.32 Å². The SMILES string of the molecule is Cc1nc(CSCCC(=O)NC(C)c2cccc(F)c2)cs1. The summed E-state index contributed by atoms with van der Waals surface area (Å²) in [4.78, 5) is 16.3. The van der Waals surface area contributed by atoms with Gasteiger partial charge in [0.1, 0.15) is 5.82 Å². The number of aromatic nitrogens is 1. The number of carbonyl (C=O) groups excluding carboxylic acids is 1. The molecule has 0 radical (unpaired) electrons. The first-order valence-electron chi connectivity index (χ1n) is 7.08. The Morgan fingerprint density at radius 3 is 3.00 bits per heavy atom. The topological polar surface area (TPSA) is 42.0 Å². The zero-order valence-electron chi connectivity index (χ0n) is 12.6. The van der Waals surface area contributed by atoms with Gasteiger partial charge in [0, 0.05) is 23.3 Å². The fourth-order valence-corrected chi connectivity index (χ4v) is 3.54. The zero-order valence-corrected chi connectivity index (χ0v) is 14.3. The summed E-state index contributed by atoms with van der Waals surface area (Å²) < 4.78 is 13.2. The van der Waals surface area contributed by atoms with Gasteiger partial charge in [-0.25, -0.2) is 9.37 Å². The number of nitrogens with zero attached hydrogens (tertiary/aromatic N) is 1. The maximum absolute atomic E-state index is 13.2. The van der Waals surface area contributed by atoms with Gasteiger partial charge in [-0.2, -0.15) is 11.8 Å². The summed E-state index contributed by atoms with van der Waals surface area (Å²) in [6, 6.07) is 6.13. The molecule has 0 saturated carbocycles. The summed E-state index contributed by atoms with van der Waals surface area (Å²) in [6.45, 7) is 3.85. The lowest BCUT2D eigenvalue weighted by atomic mass is 10.1. The number of aryl methyl sites for hydroxylation is 1. The van der Waals surface area contributed by atoms with Gasteiger partial charge >= 0.3 is 0 Å². The van der Waals surface area contributed by atoms with Crippen LogP contribution in [0.2, 0.25) is 0 Å². The predicted molar refractivity (Wildman–Crippen MR) is 90.6 cm³/mol. The molecule has 1 aromatic heterocycles. The molecular formula is C16H19FN2OS2. The van der Waals surface area contributed by atoms with Gasteiger partial charge in [0.25, 0.3) is 0 Å². The standard InChI is InChI=1S/C16H19FN2OS2/c1-11(13-4-3-5-14(17)8-13)18-16(20)6-7-21-9-15-10-22-12(2)19-15/h3-5,8,10-11H,6-7,9H2,1-2H3,(H,18,20). The Morgan fingerprint density at radius 1 is 1.50 bits per heavy atom. The van der Waals surface area contributed by atoms with Crippen molar-refractivity contribution < 1.29 is 9.18 Å². The van der Waals surface area contributed by atoms with Gasteiger partial charge in [0.15, 0.2) is 0 Å². The first-order valence-corrected chi connectivity index (χ1v) is 9.11. The molecular weight excluding hydrogens is 319 g/mol. The number of nitrogens with one attached hydrogen (secondary N) is 1. The number of carbonyl (C=O) groups is 1. The van der Waals surface area contributed by atoms with Gasteiger partial charge in [0.2, 0.25) is 5.91 Å². The highest BCUT2D eigenvalue weighted by Crippen LogP contribution is 2.17. The maximum Gasteiger partial charge on any atom is 0.221 e. The van der Waals surface area contributed by atoms with E-state index in [1.54, 1.807) is 29.2 Å². The molecule has 0 aliphatic carbocycles.